The number of carbonyl (C=O) groups excluding carboxylic acids is 4. The highest BCUT2D eigenvalue weighted by atomic mass is 32.2. The van der Waals surface area contributed by atoms with Gasteiger partial charge >= 0.3 is 0 Å². The second-order valence-corrected chi connectivity index (χ2v) is 9.94. The maximum atomic E-state index is 13.0. The highest BCUT2D eigenvalue weighted by Crippen LogP contribution is 2.40. The van der Waals surface area contributed by atoms with E-state index in [1.165, 1.54) is 17.8 Å². The molecule has 4 heterocycles. The molecule has 0 radical (unpaired) electrons. The van der Waals surface area contributed by atoms with Crippen LogP contribution >= 0.6 is 23.3 Å². The van der Waals surface area contributed by atoms with E-state index in [1.54, 1.807) is 41.2 Å². The van der Waals surface area contributed by atoms with Crippen LogP contribution in [0.2, 0.25) is 0 Å². The van der Waals surface area contributed by atoms with E-state index in [1.807, 2.05) is 0 Å². The third-order valence-corrected chi connectivity index (χ3v) is 7.35. The lowest BCUT2D eigenvalue weighted by molar-refractivity contribution is -0.687. The van der Waals surface area contributed by atoms with Crippen molar-refractivity contribution in [2.24, 2.45) is 10.9 Å². The predicted molar refractivity (Wildman–Crippen MR) is 138 cm³/mol. The van der Waals surface area contributed by atoms with Gasteiger partial charge in [0, 0.05) is 29.4 Å². The Bertz CT molecular complexity index is 1420. The summed E-state index contributed by atoms with van der Waals surface area (Å²) in [6.45, 7) is 3.88. The molecule has 0 bridgehead atoms. The van der Waals surface area contributed by atoms with E-state index in [0.29, 0.717) is 17.7 Å². The molecule has 16 heteroatoms. The zero-order valence-electron chi connectivity index (χ0n) is 20.2. The molecule has 0 aromatic carbocycles. The highest BCUT2D eigenvalue weighted by Gasteiger charge is 2.53. The maximum Gasteiger partial charge on any atom is 0.278 e. The number of anilines is 1. The van der Waals surface area contributed by atoms with Gasteiger partial charge in [-0.2, -0.15) is 9.36 Å². The van der Waals surface area contributed by atoms with Gasteiger partial charge in [-0.3, -0.25) is 19.3 Å². The third-order valence-electron chi connectivity index (χ3n) is 5.51. The molecule has 5 N–H and O–H groups in total. The number of nitrogen functional groups attached to an aromatic ring is 1. The van der Waals surface area contributed by atoms with Gasteiger partial charge in [-0.05, 0) is 11.6 Å². The van der Waals surface area contributed by atoms with E-state index in [0.717, 1.165) is 16.4 Å². The number of rotatable bonds is 11. The number of carbonyl (C=O) groups is 4. The van der Waals surface area contributed by atoms with Gasteiger partial charge < -0.3 is 31.5 Å². The summed E-state index contributed by atoms with van der Waals surface area (Å²) in [5, 5.41) is 17.7. The topological polar surface area (TPSA) is 210 Å². The number of amides is 3. The molecule has 0 aliphatic carbocycles. The largest absolute Gasteiger partial charge is 0.543 e. The number of nitrogens with two attached hydrogens (primary N) is 2. The average molecular weight is 571 g/mol. The number of aromatic nitrogens is 3. The number of carboxylic acids is 1. The van der Waals surface area contributed by atoms with Crippen molar-refractivity contribution in [3.05, 3.63) is 72.0 Å². The van der Waals surface area contributed by atoms with Crippen LogP contribution in [0.5, 0.6) is 0 Å². The first kappa shape index (κ1) is 27.5. The number of fused-ring (bicyclic) bond motifs is 1. The van der Waals surface area contributed by atoms with Crippen molar-refractivity contribution >= 4 is 57.8 Å². The number of pyridine rings is 1. The summed E-state index contributed by atoms with van der Waals surface area (Å²) in [4.78, 5) is 59.2. The van der Waals surface area contributed by atoms with Gasteiger partial charge in [0.25, 0.3) is 11.8 Å². The summed E-state index contributed by atoms with van der Waals surface area (Å²) in [5.41, 5.74) is 11.0. The lowest BCUT2D eigenvalue weighted by Gasteiger charge is -2.50. The summed E-state index contributed by atoms with van der Waals surface area (Å²) in [6.07, 6.45) is 8.05. The van der Waals surface area contributed by atoms with Gasteiger partial charge in [-0.15, -0.1) is 11.8 Å². The number of allylic oxidation sites excluding steroid dienone is 2. The monoisotopic (exact) mass is 570 g/mol. The fourth-order valence-electron chi connectivity index (χ4n) is 3.70. The van der Waals surface area contributed by atoms with Crippen LogP contribution in [0.25, 0.3) is 0 Å². The molecule has 3 amide bonds. The predicted octanol–water partition coefficient (Wildman–Crippen LogP) is -1.93. The molecular formula is C23H22N8O6S2. The smallest absolute Gasteiger partial charge is 0.278 e. The molecule has 1 saturated heterocycles. The number of hydrogen-bond acceptors (Lipinski definition) is 12. The molecule has 202 valence electrons. The molecule has 2 aromatic heterocycles. The number of nitrogens with one attached hydrogen (secondary N) is 1. The van der Waals surface area contributed by atoms with Crippen LogP contribution in [-0.4, -0.2) is 67.4 Å². The van der Waals surface area contributed by atoms with Crippen LogP contribution in [0.4, 0.5) is 5.13 Å². The first-order valence-corrected chi connectivity index (χ1v) is 13.1. The minimum absolute atomic E-state index is 0.0122. The van der Waals surface area contributed by atoms with Crippen LogP contribution in [-0.2, 0) is 25.8 Å². The maximum absolute atomic E-state index is 13.0. The zero-order chi connectivity index (χ0) is 28.1. The molecule has 0 spiro atoms. The molecule has 2 aromatic rings. The Morgan fingerprint density at radius 2 is 2.10 bits per heavy atom. The third kappa shape index (κ3) is 5.96. The normalized spacial score (nSPS) is 18.9. The van der Waals surface area contributed by atoms with Gasteiger partial charge in [0.15, 0.2) is 24.1 Å². The average Bonchev–Trinajstić information content (AvgIpc) is 3.35. The van der Waals surface area contributed by atoms with Crippen LogP contribution in [0.1, 0.15) is 16.2 Å². The second kappa shape index (κ2) is 11.9. The minimum Gasteiger partial charge on any atom is -0.543 e. The quantitative estimate of drug-likeness (QED) is 0.0680. The van der Waals surface area contributed by atoms with Gasteiger partial charge in [0.1, 0.15) is 18.0 Å². The van der Waals surface area contributed by atoms with Gasteiger partial charge in [-0.25, -0.2) is 4.57 Å². The number of primary amides is 1. The summed E-state index contributed by atoms with van der Waals surface area (Å²) in [6, 6.07) is 2.11. The number of nitrogens with zero attached hydrogens (tertiary/aromatic N) is 5. The molecular weight excluding hydrogens is 548 g/mol. The van der Waals surface area contributed by atoms with E-state index in [-0.39, 0.29) is 34.7 Å². The summed E-state index contributed by atoms with van der Waals surface area (Å²) >= 11 is 2.13. The molecule has 2 aliphatic rings. The Morgan fingerprint density at radius 3 is 2.72 bits per heavy atom. The molecule has 39 heavy (non-hydrogen) atoms. The van der Waals surface area contributed by atoms with Crippen LogP contribution in [0.15, 0.2) is 65.8 Å². The standard InChI is InChI=1S/C23H22N8O6S2/c1-2-10-37-28-14(18-27-23(25)39-29-18)19(33)26-15-20(34)31-16(22(35)36)13(11-38-21(15)31)4-3-7-30-8-5-12(6-9-30)17(24)32/h2-6,8-9,15,21H,1,7,10-11H2,(H5-,24,25,26,27,29,32,33,35,36)/t15?,21-/m0/s1. The van der Waals surface area contributed by atoms with Crippen molar-refractivity contribution in [3.8, 4) is 0 Å². The molecule has 1 fully saturated rings. The second-order valence-electron chi connectivity index (χ2n) is 8.05. The Labute approximate surface area is 229 Å². The van der Waals surface area contributed by atoms with Crippen molar-refractivity contribution in [2.45, 2.75) is 18.0 Å². The van der Waals surface area contributed by atoms with Crippen LogP contribution in [0.3, 0.4) is 0 Å². The first-order valence-electron chi connectivity index (χ1n) is 11.3. The fraction of sp³-hybridized carbons (Fsp3) is 0.217. The number of thioether (sulfide) groups is 1. The van der Waals surface area contributed by atoms with Crippen molar-refractivity contribution < 1.29 is 33.7 Å². The number of β-lactam (4-membered cyclic amide) rings is 1. The summed E-state index contributed by atoms with van der Waals surface area (Å²) in [7, 11) is 0. The fourth-order valence-corrected chi connectivity index (χ4v) is 5.45. The molecule has 1 unspecified atom stereocenters. The minimum atomic E-state index is -1.52. The number of aliphatic carboxylic acids is 1. The van der Waals surface area contributed by atoms with E-state index in [9.17, 15) is 24.3 Å². The van der Waals surface area contributed by atoms with Crippen molar-refractivity contribution in [1.82, 2.24) is 19.6 Å². The first-order chi connectivity index (χ1) is 18.7. The van der Waals surface area contributed by atoms with Gasteiger partial charge in [0.2, 0.25) is 17.4 Å². The SMILES string of the molecule is C=CCON=C(C(=O)NC1C(=O)N2C(C(=O)[O-])=C(C=CC[n+]3ccc(C(N)=O)cc3)CS[C@@H]12)c1nsc(N)n1. The zero-order valence-corrected chi connectivity index (χ0v) is 21.8. The Balaban J connectivity index is 1.47. The summed E-state index contributed by atoms with van der Waals surface area (Å²) in [5.74, 6) is -3.31. The Morgan fingerprint density at radius 1 is 1.36 bits per heavy atom. The van der Waals surface area contributed by atoms with Crippen molar-refractivity contribution in [3.63, 3.8) is 0 Å². The van der Waals surface area contributed by atoms with E-state index < -0.39 is 35.1 Å². The number of carboxylic acid groups (broad SMARTS) is 1. The molecule has 2 aliphatic heterocycles. The summed E-state index contributed by atoms with van der Waals surface area (Å²) < 4.78 is 5.71. The lowest BCUT2D eigenvalue weighted by Crippen LogP contribution is -2.71. The van der Waals surface area contributed by atoms with E-state index in [4.69, 9.17) is 16.3 Å². The Kier molecular flexibility index (Phi) is 8.36. The molecule has 2 atom stereocenters. The molecule has 14 nitrogen and oxygen atoms in total. The van der Waals surface area contributed by atoms with E-state index in [2.05, 4.69) is 26.4 Å². The Hall–Kier alpha value is -4.57. The van der Waals surface area contributed by atoms with E-state index >= 15 is 0 Å². The van der Waals surface area contributed by atoms with Crippen LogP contribution in [0, 0.1) is 0 Å². The van der Waals surface area contributed by atoms with Gasteiger partial charge in [0.05, 0.1) is 17.2 Å². The number of oxime groups is 1. The molecule has 4 rings (SSSR count). The molecule has 0 saturated carbocycles. The van der Waals surface area contributed by atoms with Crippen LogP contribution < -0.4 is 26.5 Å². The van der Waals surface area contributed by atoms with Crippen molar-refractivity contribution in [1.29, 1.82) is 0 Å². The highest BCUT2D eigenvalue weighted by molar-refractivity contribution is 8.00. The number of hydrogen-bond donors (Lipinski definition) is 3. The van der Waals surface area contributed by atoms with Crippen molar-refractivity contribution in [2.75, 3.05) is 18.1 Å². The lowest BCUT2D eigenvalue weighted by atomic mass is 10.0. The van der Waals surface area contributed by atoms with Gasteiger partial charge in [-0.1, -0.05) is 23.9 Å².